The van der Waals surface area contributed by atoms with Gasteiger partial charge in [0.2, 0.25) is 0 Å². The summed E-state index contributed by atoms with van der Waals surface area (Å²) < 4.78 is 7.20. The van der Waals surface area contributed by atoms with Crippen LogP contribution in [0.3, 0.4) is 0 Å². The molecular weight excluding hydrogens is 266 g/mol. The summed E-state index contributed by atoms with van der Waals surface area (Å²) >= 11 is 0. The Balaban J connectivity index is 1.82. The van der Waals surface area contributed by atoms with Crippen molar-refractivity contribution in [2.24, 2.45) is 5.92 Å². The Morgan fingerprint density at radius 2 is 2.24 bits per heavy atom. The predicted molar refractivity (Wildman–Crippen MR) is 79.6 cm³/mol. The van der Waals surface area contributed by atoms with Crippen LogP contribution < -0.4 is 0 Å². The van der Waals surface area contributed by atoms with Crippen LogP contribution in [0, 0.1) is 5.92 Å². The van der Waals surface area contributed by atoms with Crippen molar-refractivity contribution in [1.82, 2.24) is 14.5 Å². The molecule has 1 aliphatic carbocycles. The summed E-state index contributed by atoms with van der Waals surface area (Å²) in [7, 11) is 1.50. The topological polar surface area (TPSA) is 47.4 Å². The number of fused-ring (bicyclic) bond motifs is 1. The van der Waals surface area contributed by atoms with Gasteiger partial charge >= 0.3 is 5.97 Å². The molecule has 1 saturated carbocycles. The molecular formula is C16H25N3O2. The monoisotopic (exact) mass is 291 g/mol. The molecule has 0 amide bonds. The minimum absolute atomic E-state index is 0.0843. The lowest BCUT2D eigenvalue weighted by molar-refractivity contribution is -0.146. The van der Waals surface area contributed by atoms with Crippen LogP contribution >= 0.6 is 0 Å². The highest BCUT2D eigenvalue weighted by molar-refractivity contribution is 5.76. The maximum Gasteiger partial charge on any atom is 0.323 e. The molecule has 1 aromatic rings. The van der Waals surface area contributed by atoms with E-state index in [-0.39, 0.29) is 12.0 Å². The number of hydrogen-bond acceptors (Lipinski definition) is 4. The SMILES string of the molecule is CCn1ccnc1CN1[C@@H]2CCCC[C@H]2C[C@H]1C(=O)OC. The average Bonchev–Trinajstić information content (AvgIpc) is 3.11. The van der Waals surface area contributed by atoms with E-state index in [9.17, 15) is 4.79 Å². The molecule has 0 radical (unpaired) electrons. The van der Waals surface area contributed by atoms with Gasteiger partial charge in [-0.3, -0.25) is 9.69 Å². The molecule has 21 heavy (non-hydrogen) atoms. The lowest BCUT2D eigenvalue weighted by atomic mass is 9.85. The zero-order valence-corrected chi connectivity index (χ0v) is 13.0. The summed E-state index contributed by atoms with van der Waals surface area (Å²) in [5, 5.41) is 0. The molecule has 0 N–H and O–H groups in total. The summed E-state index contributed by atoms with van der Waals surface area (Å²) in [6.07, 6.45) is 9.82. The number of esters is 1. The minimum atomic E-state index is -0.0925. The minimum Gasteiger partial charge on any atom is -0.468 e. The van der Waals surface area contributed by atoms with Crippen molar-refractivity contribution >= 4 is 5.97 Å². The molecule has 1 aliphatic heterocycles. The fourth-order valence-corrected chi connectivity index (χ4v) is 4.09. The smallest absolute Gasteiger partial charge is 0.323 e. The largest absolute Gasteiger partial charge is 0.468 e. The van der Waals surface area contributed by atoms with Crippen LogP contribution in [0.5, 0.6) is 0 Å². The van der Waals surface area contributed by atoms with Crippen LogP contribution in [0.2, 0.25) is 0 Å². The molecule has 0 bridgehead atoms. The van der Waals surface area contributed by atoms with Gasteiger partial charge in [0.15, 0.2) is 0 Å². The third-order valence-electron chi connectivity index (χ3n) is 5.16. The number of carbonyl (C=O) groups excluding carboxylic acids is 1. The summed E-state index contributed by atoms with van der Waals surface area (Å²) in [5.74, 6) is 1.62. The van der Waals surface area contributed by atoms with Gasteiger partial charge in [-0.1, -0.05) is 12.8 Å². The Labute approximate surface area is 126 Å². The van der Waals surface area contributed by atoms with E-state index in [1.807, 2.05) is 12.4 Å². The molecule has 1 aromatic heterocycles. The van der Waals surface area contributed by atoms with Gasteiger partial charge in [0, 0.05) is 25.0 Å². The van der Waals surface area contributed by atoms with E-state index in [4.69, 9.17) is 4.74 Å². The Hall–Kier alpha value is -1.36. The van der Waals surface area contributed by atoms with E-state index >= 15 is 0 Å². The van der Waals surface area contributed by atoms with Gasteiger partial charge in [0.05, 0.1) is 13.7 Å². The predicted octanol–water partition coefficient (Wildman–Crippen LogP) is 2.21. The number of likely N-dealkylation sites (tertiary alicyclic amines) is 1. The van der Waals surface area contributed by atoms with Crippen molar-refractivity contribution < 1.29 is 9.53 Å². The van der Waals surface area contributed by atoms with Crippen molar-refractivity contribution in [3.63, 3.8) is 0 Å². The molecule has 5 heteroatoms. The quantitative estimate of drug-likeness (QED) is 0.798. The third-order valence-corrected chi connectivity index (χ3v) is 5.16. The Kier molecular flexibility index (Phi) is 4.29. The number of aryl methyl sites for hydroxylation is 1. The molecule has 0 spiro atoms. The fraction of sp³-hybridized carbons (Fsp3) is 0.750. The first-order chi connectivity index (χ1) is 10.2. The third kappa shape index (κ3) is 2.71. The van der Waals surface area contributed by atoms with Gasteiger partial charge < -0.3 is 9.30 Å². The van der Waals surface area contributed by atoms with Gasteiger partial charge in [-0.25, -0.2) is 4.98 Å². The molecule has 0 unspecified atom stereocenters. The number of nitrogens with zero attached hydrogens (tertiary/aromatic N) is 3. The molecule has 2 fully saturated rings. The van der Waals surface area contributed by atoms with E-state index in [1.165, 1.54) is 32.8 Å². The van der Waals surface area contributed by atoms with Crippen molar-refractivity contribution in [1.29, 1.82) is 0 Å². The maximum absolute atomic E-state index is 12.2. The van der Waals surface area contributed by atoms with Crippen molar-refractivity contribution in [2.45, 2.75) is 64.2 Å². The molecule has 5 nitrogen and oxygen atoms in total. The first kappa shape index (κ1) is 14.6. The van der Waals surface area contributed by atoms with Crippen molar-refractivity contribution in [3.8, 4) is 0 Å². The van der Waals surface area contributed by atoms with Crippen LogP contribution in [-0.2, 0) is 22.6 Å². The Bertz CT molecular complexity index is 499. The fourth-order valence-electron chi connectivity index (χ4n) is 4.09. The second-order valence-corrected chi connectivity index (χ2v) is 6.19. The van der Waals surface area contributed by atoms with Crippen LogP contribution in [0.15, 0.2) is 12.4 Å². The van der Waals surface area contributed by atoms with Crippen molar-refractivity contribution in [3.05, 3.63) is 18.2 Å². The summed E-state index contributed by atoms with van der Waals surface area (Å²) in [6, 6.07) is 0.426. The van der Waals surface area contributed by atoms with Gasteiger partial charge in [-0.15, -0.1) is 0 Å². The summed E-state index contributed by atoms with van der Waals surface area (Å²) in [5.41, 5.74) is 0. The van der Waals surface area contributed by atoms with Gasteiger partial charge in [0.25, 0.3) is 0 Å². The van der Waals surface area contributed by atoms with Crippen LogP contribution in [0.25, 0.3) is 0 Å². The van der Waals surface area contributed by atoms with Crippen molar-refractivity contribution in [2.75, 3.05) is 7.11 Å². The van der Waals surface area contributed by atoms with E-state index < -0.39 is 0 Å². The van der Waals surface area contributed by atoms with Gasteiger partial charge in [-0.2, -0.15) is 0 Å². The van der Waals surface area contributed by atoms with Gasteiger partial charge in [0.1, 0.15) is 11.9 Å². The second-order valence-electron chi connectivity index (χ2n) is 6.19. The Morgan fingerprint density at radius 3 is 3.00 bits per heavy atom. The summed E-state index contributed by atoms with van der Waals surface area (Å²) in [4.78, 5) is 19.0. The van der Waals surface area contributed by atoms with E-state index in [0.717, 1.165) is 25.3 Å². The van der Waals surface area contributed by atoms with Gasteiger partial charge in [-0.05, 0) is 32.1 Å². The first-order valence-corrected chi connectivity index (χ1v) is 8.08. The lowest BCUT2D eigenvalue weighted by Crippen LogP contribution is -2.42. The normalized spacial score (nSPS) is 29.3. The first-order valence-electron chi connectivity index (χ1n) is 8.08. The molecule has 3 atom stereocenters. The molecule has 3 rings (SSSR count). The highest BCUT2D eigenvalue weighted by atomic mass is 16.5. The van der Waals surface area contributed by atoms with E-state index in [2.05, 4.69) is 21.4 Å². The number of rotatable bonds is 4. The lowest BCUT2D eigenvalue weighted by Gasteiger charge is -2.33. The Morgan fingerprint density at radius 1 is 1.43 bits per heavy atom. The number of carbonyl (C=O) groups is 1. The van der Waals surface area contributed by atoms with Crippen LogP contribution in [-0.4, -0.2) is 39.6 Å². The molecule has 116 valence electrons. The standard InChI is InChI=1S/C16H25N3O2/c1-3-18-9-8-17-15(18)11-19-13-7-5-4-6-12(13)10-14(19)16(20)21-2/h8-9,12-14H,3-7,10-11H2,1-2H3/t12-,13+,14-/m0/s1. The number of imidazole rings is 1. The molecule has 2 heterocycles. The van der Waals surface area contributed by atoms with Crippen LogP contribution in [0.4, 0.5) is 0 Å². The zero-order valence-electron chi connectivity index (χ0n) is 13.0. The number of methoxy groups -OCH3 is 1. The molecule has 0 aromatic carbocycles. The highest BCUT2D eigenvalue weighted by Crippen LogP contribution is 2.40. The summed E-state index contributed by atoms with van der Waals surface area (Å²) in [6.45, 7) is 3.79. The van der Waals surface area contributed by atoms with E-state index in [1.54, 1.807) is 0 Å². The average molecular weight is 291 g/mol. The highest BCUT2D eigenvalue weighted by Gasteiger charge is 2.45. The second kappa shape index (κ2) is 6.18. The number of hydrogen-bond donors (Lipinski definition) is 0. The number of ether oxygens (including phenoxy) is 1. The molecule has 2 aliphatic rings. The van der Waals surface area contributed by atoms with Crippen LogP contribution in [0.1, 0.15) is 44.9 Å². The molecule has 1 saturated heterocycles. The zero-order chi connectivity index (χ0) is 14.8. The number of aromatic nitrogens is 2. The maximum atomic E-state index is 12.2. The van der Waals surface area contributed by atoms with E-state index in [0.29, 0.717) is 12.0 Å².